The second-order valence-electron chi connectivity index (χ2n) is 5.84. The number of rotatable bonds is 0. The first-order chi connectivity index (χ1) is 10.9. The zero-order valence-electron chi connectivity index (χ0n) is 11.9. The van der Waals surface area contributed by atoms with Crippen molar-refractivity contribution in [3.05, 3.63) is 65.4 Å². The lowest BCUT2D eigenvalue weighted by Crippen LogP contribution is -2.10. The number of hydrogen-bond acceptors (Lipinski definition) is 1. The van der Waals surface area contributed by atoms with Gasteiger partial charge in [-0.1, -0.05) is 60.7 Å². The minimum Gasteiger partial charge on any atom is -0.233 e. The number of allylic oxidation sites excluding steroid dienone is 1. The lowest BCUT2D eigenvalue weighted by Gasteiger charge is -2.18. The Balaban J connectivity index is 2.28. The van der Waals surface area contributed by atoms with E-state index < -0.39 is 0 Å². The Labute approximate surface area is 127 Å². The molecule has 0 saturated heterocycles. The van der Waals surface area contributed by atoms with Gasteiger partial charge in [-0.15, -0.1) is 0 Å². The van der Waals surface area contributed by atoms with Gasteiger partial charge in [-0.2, -0.15) is 0 Å². The molecule has 22 heavy (non-hydrogen) atoms. The average molecular weight is 280 g/mol. The number of benzene rings is 4. The molecule has 4 aromatic rings. The molecule has 0 radical (unpaired) electrons. The number of fused-ring (bicyclic) bond motifs is 2. The molecule has 0 unspecified atom stereocenters. The predicted molar refractivity (Wildman–Crippen MR) is 92.4 cm³/mol. The maximum Gasteiger partial charge on any atom is 0.128 e. The molecule has 4 aromatic carbocycles. The summed E-state index contributed by atoms with van der Waals surface area (Å²) in [6.07, 6.45) is 2.80. The van der Waals surface area contributed by atoms with E-state index in [2.05, 4.69) is 66.6 Å². The van der Waals surface area contributed by atoms with Crippen LogP contribution in [-0.4, -0.2) is 5.94 Å². The van der Waals surface area contributed by atoms with Crippen molar-refractivity contribution in [1.82, 2.24) is 0 Å². The summed E-state index contributed by atoms with van der Waals surface area (Å²) in [5.41, 5.74) is 1.84. The van der Waals surface area contributed by atoms with Crippen molar-refractivity contribution in [2.24, 2.45) is 0 Å². The van der Waals surface area contributed by atoms with E-state index in [4.69, 9.17) is 0 Å². The smallest absolute Gasteiger partial charge is 0.128 e. The van der Waals surface area contributed by atoms with Crippen LogP contribution in [0.25, 0.3) is 44.0 Å². The fraction of sp³-hybridized carbons (Fsp3) is 0.0476. The van der Waals surface area contributed by atoms with Crippen molar-refractivity contribution in [2.45, 2.75) is 6.42 Å². The van der Waals surface area contributed by atoms with Crippen LogP contribution >= 0.6 is 0 Å². The Kier molecular flexibility index (Phi) is 2.17. The van der Waals surface area contributed by atoms with Crippen LogP contribution in [-0.2, 0) is 4.79 Å². The SMILES string of the molecule is O=C=C1CC=c2cccc3c2c1c1cccc2cccc3c21. The zero-order chi connectivity index (χ0) is 14.7. The van der Waals surface area contributed by atoms with Gasteiger partial charge in [-0.05, 0) is 37.5 Å². The highest BCUT2D eigenvalue weighted by Crippen LogP contribution is 2.40. The third-order valence-corrected chi connectivity index (χ3v) is 4.76. The fourth-order valence-corrected chi connectivity index (χ4v) is 3.87. The molecule has 0 aliphatic heterocycles. The molecule has 5 rings (SSSR count). The van der Waals surface area contributed by atoms with Crippen molar-refractivity contribution in [3.63, 3.8) is 0 Å². The Morgan fingerprint density at radius 1 is 0.773 bits per heavy atom. The van der Waals surface area contributed by atoms with Gasteiger partial charge in [0.1, 0.15) is 5.94 Å². The minimum atomic E-state index is 0.661. The molecule has 1 aliphatic rings. The molecule has 1 heteroatoms. The minimum absolute atomic E-state index is 0.661. The van der Waals surface area contributed by atoms with Crippen LogP contribution in [0, 0.1) is 0 Å². The normalized spacial score (nSPS) is 13.5. The highest BCUT2D eigenvalue weighted by atomic mass is 16.1. The standard InChI is InChI=1S/C21H12O/c22-12-15-11-10-14-6-2-8-17-16-7-1-4-13-5-3-9-18(19(13)16)21(15)20(14)17/h1-10H,11H2. The highest BCUT2D eigenvalue weighted by molar-refractivity contribution is 6.27. The topological polar surface area (TPSA) is 17.1 Å². The third-order valence-electron chi connectivity index (χ3n) is 4.76. The summed E-state index contributed by atoms with van der Waals surface area (Å²) in [5.74, 6) is 2.18. The summed E-state index contributed by atoms with van der Waals surface area (Å²) in [4.78, 5) is 11.5. The van der Waals surface area contributed by atoms with Crippen LogP contribution in [0.4, 0.5) is 0 Å². The van der Waals surface area contributed by atoms with Crippen LogP contribution in [0.5, 0.6) is 0 Å². The molecule has 0 atom stereocenters. The first-order valence-corrected chi connectivity index (χ1v) is 7.49. The molecule has 1 aliphatic carbocycles. The summed E-state index contributed by atoms with van der Waals surface area (Å²) in [6, 6.07) is 19.1. The van der Waals surface area contributed by atoms with E-state index >= 15 is 0 Å². The van der Waals surface area contributed by atoms with Crippen LogP contribution in [0.2, 0.25) is 0 Å². The molecule has 0 fully saturated rings. The Bertz CT molecular complexity index is 1190. The van der Waals surface area contributed by atoms with Gasteiger partial charge in [0.05, 0.1) is 0 Å². The van der Waals surface area contributed by atoms with Crippen LogP contribution in [0.1, 0.15) is 12.0 Å². The average Bonchev–Trinajstić information content (AvgIpc) is 2.59. The third kappa shape index (κ3) is 1.32. The second kappa shape index (κ2) is 4.07. The van der Waals surface area contributed by atoms with Crippen molar-refractivity contribution in [1.29, 1.82) is 0 Å². The predicted octanol–water partition coefficient (Wildman–Crippen LogP) is 4.26. The van der Waals surface area contributed by atoms with Gasteiger partial charge in [0.25, 0.3) is 0 Å². The maximum atomic E-state index is 11.5. The summed E-state index contributed by atoms with van der Waals surface area (Å²) < 4.78 is 0. The zero-order valence-corrected chi connectivity index (χ0v) is 11.9. The molecule has 102 valence electrons. The molecular formula is C21H12O. The summed E-state index contributed by atoms with van der Waals surface area (Å²) in [6.45, 7) is 0. The lowest BCUT2D eigenvalue weighted by molar-refractivity contribution is 0.569. The monoisotopic (exact) mass is 280 g/mol. The fourth-order valence-electron chi connectivity index (χ4n) is 3.87. The van der Waals surface area contributed by atoms with Crippen LogP contribution in [0.15, 0.2) is 54.6 Å². The number of hydrogen-bond donors (Lipinski definition) is 0. The van der Waals surface area contributed by atoms with E-state index in [0.29, 0.717) is 6.42 Å². The van der Waals surface area contributed by atoms with Crippen LogP contribution in [0.3, 0.4) is 0 Å². The van der Waals surface area contributed by atoms with Gasteiger partial charge in [0.2, 0.25) is 0 Å². The molecule has 0 bridgehead atoms. The second-order valence-corrected chi connectivity index (χ2v) is 5.84. The largest absolute Gasteiger partial charge is 0.233 e. The highest BCUT2D eigenvalue weighted by Gasteiger charge is 2.19. The Morgan fingerprint density at radius 2 is 1.45 bits per heavy atom. The van der Waals surface area contributed by atoms with Gasteiger partial charge in [0, 0.05) is 17.6 Å². The van der Waals surface area contributed by atoms with Crippen molar-refractivity contribution >= 4 is 49.9 Å². The van der Waals surface area contributed by atoms with Crippen molar-refractivity contribution < 1.29 is 4.79 Å². The quantitative estimate of drug-likeness (QED) is 0.267. The van der Waals surface area contributed by atoms with Gasteiger partial charge < -0.3 is 0 Å². The molecular weight excluding hydrogens is 268 g/mol. The first kappa shape index (κ1) is 11.7. The molecule has 0 amide bonds. The summed E-state index contributed by atoms with van der Waals surface area (Å²) in [5, 5.41) is 8.53. The molecule has 0 N–H and O–H groups in total. The summed E-state index contributed by atoms with van der Waals surface area (Å²) >= 11 is 0. The number of carbonyl (C=O) groups excluding carboxylic acids is 1. The molecule has 0 heterocycles. The summed E-state index contributed by atoms with van der Waals surface area (Å²) in [7, 11) is 0. The molecule has 0 spiro atoms. The van der Waals surface area contributed by atoms with Gasteiger partial charge in [0.15, 0.2) is 0 Å². The van der Waals surface area contributed by atoms with E-state index in [1.54, 1.807) is 0 Å². The molecule has 0 aromatic heterocycles. The lowest BCUT2D eigenvalue weighted by atomic mass is 9.84. The van der Waals surface area contributed by atoms with E-state index in [1.807, 2.05) is 0 Å². The molecule has 1 nitrogen and oxygen atoms in total. The van der Waals surface area contributed by atoms with E-state index in [-0.39, 0.29) is 0 Å². The van der Waals surface area contributed by atoms with Crippen molar-refractivity contribution in [2.75, 3.05) is 0 Å². The van der Waals surface area contributed by atoms with Crippen LogP contribution < -0.4 is 5.22 Å². The Morgan fingerprint density at radius 3 is 2.23 bits per heavy atom. The Hall–Kier alpha value is -2.89. The first-order valence-electron chi connectivity index (χ1n) is 7.49. The van der Waals surface area contributed by atoms with E-state index in [1.165, 1.54) is 37.5 Å². The van der Waals surface area contributed by atoms with Crippen molar-refractivity contribution in [3.8, 4) is 0 Å². The molecule has 0 saturated carbocycles. The van der Waals surface area contributed by atoms with Gasteiger partial charge in [-0.25, -0.2) is 4.79 Å². The van der Waals surface area contributed by atoms with Gasteiger partial charge >= 0.3 is 0 Å². The van der Waals surface area contributed by atoms with E-state index in [0.717, 1.165) is 11.1 Å². The van der Waals surface area contributed by atoms with E-state index in [9.17, 15) is 4.79 Å². The van der Waals surface area contributed by atoms with Gasteiger partial charge in [-0.3, -0.25) is 0 Å². The maximum absolute atomic E-state index is 11.5.